The Morgan fingerprint density at radius 3 is 0.910 bits per heavy atom. The minimum Gasteiger partial charge on any atom is -0.466 e. The number of carbonyl (C=O) groups excluding carboxylic acids is 2. The molecule has 0 aliphatic carbocycles. The first-order chi connectivity index (χ1) is 38.5. The van der Waals surface area contributed by atoms with Gasteiger partial charge in [-0.15, -0.1) is 0 Å². The first-order valence-electron chi connectivity index (χ1n) is 35.9. The third-order valence-electron chi connectivity index (χ3n) is 17.1. The Labute approximate surface area is 489 Å². The van der Waals surface area contributed by atoms with Crippen LogP contribution in [0.3, 0.4) is 0 Å². The van der Waals surface area contributed by atoms with Gasteiger partial charge in [0.25, 0.3) is 0 Å². The summed E-state index contributed by atoms with van der Waals surface area (Å²) >= 11 is 0. The van der Waals surface area contributed by atoms with E-state index in [0.717, 1.165) is 38.5 Å². The molecular formula is C72H141NO5. The van der Waals surface area contributed by atoms with Crippen LogP contribution in [0.25, 0.3) is 0 Å². The highest BCUT2D eigenvalue weighted by molar-refractivity contribution is 5.76. The normalized spacial score (nSPS) is 12.5. The molecule has 6 nitrogen and oxygen atoms in total. The van der Waals surface area contributed by atoms with Crippen molar-refractivity contribution in [3.8, 4) is 0 Å². The van der Waals surface area contributed by atoms with Gasteiger partial charge < -0.3 is 20.3 Å². The van der Waals surface area contributed by atoms with E-state index in [1.807, 2.05) is 0 Å². The summed E-state index contributed by atoms with van der Waals surface area (Å²) in [5, 5.41) is 23.3. The molecule has 464 valence electrons. The fourth-order valence-corrected chi connectivity index (χ4v) is 11.6. The lowest BCUT2D eigenvalue weighted by atomic mass is 10.0. The summed E-state index contributed by atoms with van der Waals surface area (Å²) in [7, 11) is 0. The number of carbonyl (C=O) groups is 2. The number of nitrogens with one attached hydrogen (secondary N) is 1. The summed E-state index contributed by atoms with van der Waals surface area (Å²) in [6, 6.07) is -0.539. The van der Waals surface area contributed by atoms with E-state index in [1.165, 1.54) is 340 Å². The van der Waals surface area contributed by atoms with E-state index >= 15 is 0 Å². The van der Waals surface area contributed by atoms with Crippen molar-refractivity contribution >= 4 is 11.9 Å². The monoisotopic (exact) mass is 1100 g/mol. The smallest absolute Gasteiger partial charge is 0.305 e. The Hall–Kier alpha value is -1.40. The molecule has 78 heavy (non-hydrogen) atoms. The van der Waals surface area contributed by atoms with Gasteiger partial charge in [0.05, 0.1) is 25.4 Å². The fraction of sp³-hybridized carbons (Fsp3) is 0.944. The molecule has 0 radical (unpaired) electrons. The Balaban J connectivity index is 3.34. The van der Waals surface area contributed by atoms with Crippen LogP contribution in [0, 0.1) is 0 Å². The Morgan fingerprint density at radius 2 is 0.603 bits per heavy atom. The van der Waals surface area contributed by atoms with Crippen molar-refractivity contribution in [1.82, 2.24) is 5.32 Å². The molecule has 0 aliphatic heterocycles. The van der Waals surface area contributed by atoms with Crippen LogP contribution in [0.15, 0.2) is 12.2 Å². The van der Waals surface area contributed by atoms with Crippen molar-refractivity contribution in [2.75, 3.05) is 13.2 Å². The zero-order valence-corrected chi connectivity index (χ0v) is 53.2. The van der Waals surface area contributed by atoms with E-state index in [1.54, 1.807) is 0 Å². The summed E-state index contributed by atoms with van der Waals surface area (Å²) in [4.78, 5) is 24.6. The minimum absolute atomic E-state index is 0.0216. The zero-order chi connectivity index (χ0) is 56.4. The first-order valence-corrected chi connectivity index (χ1v) is 35.9. The van der Waals surface area contributed by atoms with Crippen molar-refractivity contribution < 1.29 is 24.5 Å². The molecule has 0 aromatic carbocycles. The molecule has 0 heterocycles. The second-order valence-electron chi connectivity index (χ2n) is 24.9. The topological polar surface area (TPSA) is 95.9 Å². The second kappa shape index (κ2) is 68.1. The van der Waals surface area contributed by atoms with Gasteiger partial charge in [0.15, 0.2) is 0 Å². The number of ether oxygens (including phenoxy) is 1. The summed E-state index contributed by atoms with van der Waals surface area (Å²) in [5.74, 6) is -0.00852. The number of esters is 1. The molecular weight excluding hydrogens is 959 g/mol. The Kier molecular flexibility index (Phi) is 66.9. The molecule has 0 aliphatic rings. The number of unbranched alkanes of at least 4 members (excludes halogenated alkanes) is 55. The molecule has 0 aromatic heterocycles. The average Bonchev–Trinajstić information content (AvgIpc) is 3.44. The largest absolute Gasteiger partial charge is 0.466 e. The van der Waals surface area contributed by atoms with Crippen LogP contribution in [0.5, 0.6) is 0 Å². The molecule has 0 saturated carbocycles. The molecule has 6 heteroatoms. The molecule has 1 amide bonds. The maximum Gasteiger partial charge on any atom is 0.305 e. The highest BCUT2D eigenvalue weighted by Crippen LogP contribution is 2.19. The van der Waals surface area contributed by atoms with Crippen LogP contribution in [0.1, 0.15) is 412 Å². The van der Waals surface area contributed by atoms with Gasteiger partial charge in [0.2, 0.25) is 5.91 Å². The van der Waals surface area contributed by atoms with E-state index in [0.29, 0.717) is 25.9 Å². The summed E-state index contributed by atoms with van der Waals surface area (Å²) in [5.41, 5.74) is 0. The summed E-state index contributed by atoms with van der Waals surface area (Å²) < 4.78 is 5.50. The van der Waals surface area contributed by atoms with Crippen LogP contribution in [-0.4, -0.2) is 47.4 Å². The maximum atomic E-state index is 12.5. The maximum absolute atomic E-state index is 12.5. The van der Waals surface area contributed by atoms with Crippen molar-refractivity contribution in [3.05, 3.63) is 12.2 Å². The first kappa shape index (κ1) is 76.6. The molecule has 2 atom stereocenters. The highest BCUT2D eigenvalue weighted by Gasteiger charge is 2.20. The minimum atomic E-state index is -0.662. The predicted molar refractivity (Wildman–Crippen MR) is 343 cm³/mol. The van der Waals surface area contributed by atoms with E-state index in [-0.39, 0.29) is 18.5 Å². The number of allylic oxidation sites excluding steroid dienone is 2. The molecule has 0 spiro atoms. The van der Waals surface area contributed by atoms with Gasteiger partial charge in [-0.1, -0.05) is 360 Å². The fourth-order valence-electron chi connectivity index (χ4n) is 11.6. The molecule has 0 saturated heterocycles. The molecule has 0 bridgehead atoms. The second-order valence-corrected chi connectivity index (χ2v) is 24.9. The van der Waals surface area contributed by atoms with Crippen LogP contribution in [-0.2, 0) is 14.3 Å². The van der Waals surface area contributed by atoms with Gasteiger partial charge in [0, 0.05) is 12.8 Å². The van der Waals surface area contributed by atoms with Gasteiger partial charge in [-0.3, -0.25) is 9.59 Å². The van der Waals surface area contributed by atoms with E-state index in [9.17, 15) is 19.8 Å². The third kappa shape index (κ3) is 63.8. The zero-order valence-electron chi connectivity index (χ0n) is 53.2. The van der Waals surface area contributed by atoms with Gasteiger partial charge >= 0.3 is 5.97 Å². The molecule has 2 unspecified atom stereocenters. The van der Waals surface area contributed by atoms with Gasteiger partial charge in [-0.05, 0) is 51.4 Å². The number of rotatable bonds is 68. The molecule has 3 N–H and O–H groups in total. The quantitative estimate of drug-likeness (QED) is 0.0320. The molecule has 0 fully saturated rings. The van der Waals surface area contributed by atoms with E-state index in [4.69, 9.17) is 4.74 Å². The highest BCUT2D eigenvalue weighted by atomic mass is 16.5. The van der Waals surface area contributed by atoms with Gasteiger partial charge in [-0.25, -0.2) is 0 Å². The van der Waals surface area contributed by atoms with Crippen LogP contribution in [0.4, 0.5) is 0 Å². The molecule has 0 aromatic rings. The lowest BCUT2D eigenvalue weighted by Gasteiger charge is -2.22. The SMILES string of the molecule is CCCCCCCCCCCCCCCCCCC(=O)OCCCCCCCCCCCCCC/C=C\CCCCCCCCCCCCCCCCC(=O)NC(CO)C(O)CCCCCCCCCCCCCCCCC. The predicted octanol–water partition coefficient (Wildman–Crippen LogP) is 23.1. The summed E-state index contributed by atoms with van der Waals surface area (Å²) in [6.07, 6.45) is 84.1. The third-order valence-corrected chi connectivity index (χ3v) is 17.1. The van der Waals surface area contributed by atoms with Gasteiger partial charge in [0.1, 0.15) is 0 Å². The number of amides is 1. The lowest BCUT2D eigenvalue weighted by Crippen LogP contribution is -2.45. The van der Waals surface area contributed by atoms with Crippen molar-refractivity contribution in [1.29, 1.82) is 0 Å². The molecule has 0 rings (SSSR count). The van der Waals surface area contributed by atoms with E-state index < -0.39 is 12.1 Å². The van der Waals surface area contributed by atoms with Crippen LogP contribution < -0.4 is 5.32 Å². The Morgan fingerprint density at radius 1 is 0.346 bits per heavy atom. The average molecular weight is 1100 g/mol. The number of hydrogen-bond donors (Lipinski definition) is 3. The lowest BCUT2D eigenvalue weighted by molar-refractivity contribution is -0.143. The number of aliphatic hydroxyl groups is 2. The number of aliphatic hydroxyl groups excluding tert-OH is 2. The van der Waals surface area contributed by atoms with E-state index in [2.05, 4.69) is 31.3 Å². The standard InChI is InChI=1S/C72H141NO5/c1-3-5-7-9-11-13-15-17-19-38-42-46-50-54-58-62-66-72(77)78-67-63-59-55-51-47-43-39-35-33-31-29-27-25-23-21-20-22-24-26-28-30-32-34-37-41-45-49-53-57-61-65-71(76)73-69(68-74)70(75)64-60-56-52-48-44-40-36-18-16-14-12-10-8-6-4-2/h21,23,69-70,74-75H,3-20,22,24-68H2,1-2H3,(H,73,76)/b23-21-. The summed E-state index contributed by atoms with van der Waals surface area (Å²) in [6.45, 7) is 5.00. The van der Waals surface area contributed by atoms with Crippen LogP contribution in [0.2, 0.25) is 0 Å². The van der Waals surface area contributed by atoms with Crippen molar-refractivity contribution in [2.45, 2.75) is 424 Å². The Bertz CT molecular complexity index is 1180. The van der Waals surface area contributed by atoms with Crippen molar-refractivity contribution in [2.24, 2.45) is 0 Å². The van der Waals surface area contributed by atoms with Gasteiger partial charge in [-0.2, -0.15) is 0 Å². The number of hydrogen-bond acceptors (Lipinski definition) is 5. The van der Waals surface area contributed by atoms with Crippen LogP contribution >= 0.6 is 0 Å². The van der Waals surface area contributed by atoms with Crippen molar-refractivity contribution in [3.63, 3.8) is 0 Å².